The van der Waals surface area contributed by atoms with Gasteiger partial charge in [0.25, 0.3) is 5.56 Å². The van der Waals surface area contributed by atoms with Gasteiger partial charge in [-0.2, -0.15) is 0 Å². The standard InChI is InChI=1S/C22H19N3O6/c1-2-22(28)14-4-16-19-12(7-25(16)20(26)13(14)8-29-21(22)27)11(6-23)10-3-17-18(31-9-30-17)5-15(10)24-19/h3-5,28H,2,6-9,23H2,1H3. The van der Waals surface area contributed by atoms with Crippen molar-refractivity contribution < 1.29 is 24.1 Å². The average molecular weight is 421 g/mol. The maximum atomic E-state index is 13.3. The van der Waals surface area contributed by atoms with Crippen molar-refractivity contribution in [2.24, 2.45) is 5.73 Å². The second-order valence-corrected chi connectivity index (χ2v) is 7.95. The molecule has 0 amide bonds. The van der Waals surface area contributed by atoms with E-state index in [0.717, 1.165) is 16.5 Å². The molecule has 158 valence electrons. The molecule has 3 aliphatic rings. The van der Waals surface area contributed by atoms with Gasteiger partial charge in [-0.05, 0) is 24.1 Å². The molecule has 1 unspecified atom stereocenters. The Morgan fingerprint density at radius 1 is 1.16 bits per heavy atom. The summed E-state index contributed by atoms with van der Waals surface area (Å²) in [6.07, 6.45) is 0.0945. The summed E-state index contributed by atoms with van der Waals surface area (Å²) >= 11 is 0. The molecule has 0 radical (unpaired) electrons. The number of carbonyl (C=O) groups is 1. The number of hydrogen-bond donors (Lipinski definition) is 2. The average Bonchev–Trinajstić information content (AvgIpc) is 3.38. The van der Waals surface area contributed by atoms with Crippen molar-refractivity contribution in [3.05, 3.63) is 50.8 Å². The van der Waals surface area contributed by atoms with Crippen molar-refractivity contribution in [2.45, 2.75) is 38.6 Å². The minimum Gasteiger partial charge on any atom is -0.458 e. The summed E-state index contributed by atoms with van der Waals surface area (Å²) in [5.74, 6) is 0.495. The number of ether oxygens (including phenoxy) is 3. The van der Waals surface area contributed by atoms with Crippen LogP contribution in [0.2, 0.25) is 0 Å². The van der Waals surface area contributed by atoms with Crippen LogP contribution >= 0.6 is 0 Å². The predicted molar refractivity (Wildman–Crippen MR) is 109 cm³/mol. The molecule has 9 heteroatoms. The minimum atomic E-state index is -1.86. The molecule has 1 aromatic carbocycles. The summed E-state index contributed by atoms with van der Waals surface area (Å²) in [4.78, 5) is 30.4. The molecule has 31 heavy (non-hydrogen) atoms. The predicted octanol–water partition coefficient (Wildman–Crippen LogP) is 1.27. The number of nitrogens with two attached hydrogens (primary N) is 1. The van der Waals surface area contributed by atoms with E-state index >= 15 is 0 Å². The third-order valence-corrected chi connectivity index (χ3v) is 6.50. The Hall–Kier alpha value is -3.43. The van der Waals surface area contributed by atoms with E-state index in [9.17, 15) is 14.7 Å². The maximum Gasteiger partial charge on any atom is 0.343 e. The smallest absolute Gasteiger partial charge is 0.343 e. The molecular formula is C22H19N3O6. The van der Waals surface area contributed by atoms with Gasteiger partial charge in [0, 0.05) is 29.1 Å². The first kappa shape index (κ1) is 18.3. The Kier molecular flexibility index (Phi) is 3.58. The number of aromatic nitrogens is 2. The van der Waals surface area contributed by atoms with Crippen LogP contribution in [0.15, 0.2) is 23.0 Å². The summed E-state index contributed by atoms with van der Waals surface area (Å²) in [5.41, 5.74) is 8.10. The van der Waals surface area contributed by atoms with Crippen LogP contribution in [0.25, 0.3) is 22.3 Å². The van der Waals surface area contributed by atoms with E-state index in [1.165, 1.54) is 0 Å². The Bertz CT molecular complexity index is 1380. The maximum absolute atomic E-state index is 13.3. The lowest BCUT2D eigenvalue weighted by molar-refractivity contribution is -0.172. The molecule has 1 atom stereocenters. The van der Waals surface area contributed by atoms with Crippen LogP contribution in [-0.4, -0.2) is 27.4 Å². The summed E-state index contributed by atoms with van der Waals surface area (Å²) in [6.45, 7) is 2.23. The number of nitrogens with zero attached hydrogens (tertiary/aromatic N) is 2. The summed E-state index contributed by atoms with van der Waals surface area (Å²) in [5, 5.41) is 11.8. The van der Waals surface area contributed by atoms with Crippen molar-refractivity contribution in [3.8, 4) is 22.9 Å². The first-order valence-electron chi connectivity index (χ1n) is 10.1. The Morgan fingerprint density at radius 3 is 2.68 bits per heavy atom. The van der Waals surface area contributed by atoms with Gasteiger partial charge in [-0.1, -0.05) is 6.92 Å². The number of pyridine rings is 2. The van der Waals surface area contributed by atoms with Crippen LogP contribution in [0.5, 0.6) is 11.5 Å². The fourth-order valence-corrected chi connectivity index (χ4v) is 4.79. The van der Waals surface area contributed by atoms with Crippen LogP contribution in [0.4, 0.5) is 0 Å². The molecule has 6 rings (SSSR count). The minimum absolute atomic E-state index is 0.0945. The van der Waals surface area contributed by atoms with Gasteiger partial charge >= 0.3 is 5.97 Å². The van der Waals surface area contributed by atoms with Crippen molar-refractivity contribution >= 4 is 16.9 Å². The van der Waals surface area contributed by atoms with Crippen molar-refractivity contribution in [2.75, 3.05) is 6.79 Å². The highest BCUT2D eigenvalue weighted by molar-refractivity contribution is 5.91. The molecule has 0 saturated heterocycles. The lowest BCUT2D eigenvalue weighted by Crippen LogP contribution is -2.44. The first-order valence-corrected chi connectivity index (χ1v) is 10.1. The molecule has 2 aromatic heterocycles. The zero-order valence-corrected chi connectivity index (χ0v) is 16.7. The fraction of sp³-hybridized carbons (Fsp3) is 0.318. The van der Waals surface area contributed by atoms with E-state index < -0.39 is 11.6 Å². The van der Waals surface area contributed by atoms with Crippen LogP contribution in [0.1, 0.15) is 35.6 Å². The molecule has 9 nitrogen and oxygen atoms in total. The number of benzene rings is 1. The van der Waals surface area contributed by atoms with Crippen molar-refractivity contribution in [1.29, 1.82) is 0 Å². The largest absolute Gasteiger partial charge is 0.458 e. The first-order chi connectivity index (χ1) is 15.0. The lowest BCUT2D eigenvalue weighted by Gasteiger charge is -2.31. The fourth-order valence-electron chi connectivity index (χ4n) is 4.79. The van der Waals surface area contributed by atoms with Gasteiger partial charge in [0.15, 0.2) is 17.1 Å². The van der Waals surface area contributed by atoms with Crippen LogP contribution < -0.4 is 20.8 Å². The highest BCUT2D eigenvalue weighted by Gasteiger charge is 2.45. The monoisotopic (exact) mass is 421 g/mol. The molecule has 0 bridgehead atoms. The molecule has 0 aliphatic carbocycles. The molecule has 3 aromatic rings. The number of fused-ring (bicyclic) bond motifs is 6. The van der Waals surface area contributed by atoms with Gasteiger partial charge in [-0.15, -0.1) is 0 Å². The third kappa shape index (κ3) is 2.24. The van der Waals surface area contributed by atoms with E-state index in [0.29, 0.717) is 40.5 Å². The molecule has 0 saturated carbocycles. The molecule has 3 aliphatic heterocycles. The molecule has 0 spiro atoms. The summed E-state index contributed by atoms with van der Waals surface area (Å²) < 4.78 is 17.7. The topological polar surface area (TPSA) is 126 Å². The zero-order chi connectivity index (χ0) is 21.5. The number of aliphatic hydroxyl groups is 1. The number of esters is 1. The van der Waals surface area contributed by atoms with Gasteiger partial charge in [-0.3, -0.25) is 4.79 Å². The zero-order valence-electron chi connectivity index (χ0n) is 16.7. The van der Waals surface area contributed by atoms with Gasteiger partial charge in [-0.25, -0.2) is 9.78 Å². The highest BCUT2D eigenvalue weighted by Crippen LogP contribution is 2.42. The van der Waals surface area contributed by atoms with E-state index in [4.69, 9.17) is 24.9 Å². The highest BCUT2D eigenvalue weighted by atomic mass is 16.7. The lowest BCUT2D eigenvalue weighted by atomic mass is 9.86. The molecule has 5 heterocycles. The molecule has 0 fully saturated rings. The Labute approximate surface area is 176 Å². The second-order valence-electron chi connectivity index (χ2n) is 7.95. The quantitative estimate of drug-likeness (QED) is 0.464. The van der Waals surface area contributed by atoms with Gasteiger partial charge in [0.2, 0.25) is 6.79 Å². The number of cyclic esters (lactones) is 1. The molecule has 3 N–H and O–H groups in total. The number of hydrogen-bond acceptors (Lipinski definition) is 8. The van der Waals surface area contributed by atoms with Crippen molar-refractivity contribution in [3.63, 3.8) is 0 Å². The Balaban J connectivity index is 1.65. The van der Waals surface area contributed by atoms with E-state index in [2.05, 4.69) is 0 Å². The third-order valence-electron chi connectivity index (χ3n) is 6.50. The van der Waals surface area contributed by atoms with Crippen LogP contribution in [0.3, 0.4) is 0 Å². The van der Waals surface area contributed by atoms with Gasteiger partial charge < -0.3 is 29.6 Å². The number of rotatable bonds is 2. The molecular weight excluding hydrogens is 402 g/mol. The van der Waals surface area contributed by atoms with Gasteiger partial charge in [0.1, 0.15) is 6.61 Å². The SMILES string of the molecule is CCC1(O)C(=O)OCc2c1cc1n(c2=O)Cc2c-1nc1cc3c(cc1c2CN)OCO3. The van der Waals surface area contributed by atoms with E-state index in [-0.39, 0.29) is 37.5 Å². The normalized spacial score (nSPS) is 20.4. The second kappa shape index (κ2) is 6.05. The van der Waals surface area contributed by atoms with Gasteiger partial charge in [0.05, 0.1) is 29.0 Å². The van der Waals surface area contributed by atoms with E-state index in [1.807, 2.05) is 6.07 Å². The summed E-state index contributed by atoms with van der Waals surface area (Å²) in [7, 11) is 0. The number of carbonyl (C=O) groups excluding carboxylic acids is 1. The summed E-state index contributed by atoms with van der Waals surface area (Å²) in [6, 6.07) is 5.36. The Morgan fingerprint density at radius 2 is 1.94 bits per heavy atom. The van der Waals surface area contributed by atoms with E-state index in [1.54, 1.807) is 23.6 Å². The van der Waals surface area contributed by atoms with Crippen LogP contribution in [-0.2, 0) is 34.8 Å². The van der Waals surface area contributed by atoms with Crippen LogP contribution in [0, 0.1) is 0 Å². The van der Waals surface area contributed by atoms with Crippen molar-refractivity contribution in [1.82, 2.24) is 9.55 Å².